The minimum Gasteiger partial charge on any atom is -0.490 e. The molecule has 138 valence electrons. The van der Waals surface area contributed by atoms with Crippen LogP contribution in [0.1, 0.15) is 39.0 Å². The molecule has 1 aliphatic rings. The lowest BCUT2D eigenvalue weighted by Gasteiger charge is -2.18. The minimum absolute atomic E-state index is 0.0785. The number of carbonyl (C=O) groups is 1. The fraction of sp³-hybridized carbons (Fsp3) is 0.381. The molecule has 3 rings (SSSR count). The van der Waals surface area contributed by atoms with Crippen LogP contribution in [0.2, 0.25) is 0 Å². The van der Waals surface area contributed by atoms with Gasteiger partial charge in [-0.25, -0.2) is 4.39 Å². The second-order valence-electron chi connectivity index (χ2n) is 6.48. The van der Waals surface area contributed by atoms with Crippen LogP contribution in [-0.4, -0.2) is 18.1 Å². The van der Waals surface area contributed by atoms with E-state index in [1.165, 1.54) is 25.0 Å². The SMILES string of the molecule is CCC(Oc1ccccc1F)C(=O)Nc1ccc(OC2CCCC2)cc1. The first-order valence-electron chi connectivity index (χ1n) is 9.14. The number of anilines is 1. The summed E-state index contributed by atoms with van der Waals surface area (Å²) in [5.74, 6) is 0.103. The predicted molar refractivity (Wildman–Crippen MR) is 99.1 cm³/mol. The van der Waals surface area contributed by atoms with E-state index in [1.54, 1.807) is 24.3 Å². The van der Waals surface area contributed by atoms with Gasteiger partial charge >= 0.3 is 0 Å². The van der Waals surface area contributed by atoms with Crippen molar-refractivity contribution >= 4 is 11.6 Å². The van der Waals surface area contributed by atoms with Crippen molar-refractivity contribution in [1.82, 2.24) is 0 Å². The summed E-state index contributed by atoms with van der Waals surface area (Å²) < 4.78 is 25.2. The maximum atomic E-state index is 13.7. The number of amides is 1. The van der Waals surface area contributed by atoms with E-state index in [4.69, 9.17) is 9.47 Å². The Hall–Kier alpha value is -2.56. The highest BCUT2D eigenvalue weighted by molar-refractivity contribution is 5.94. The van der Waals surface area contributed by atoms with Crippen molar-refractivity contribution < 1.29 is 18.7 Å². The lowest BCUT2D eigenvalue weighted by atomic mass is 10.2. The van der Waals surface area contributed by atoms with Crippen molar-refractivity contribution in [1.29, 1.82) is 0 Å². The maximum Gasteiger partial charge on any atom is 0.265 e. The molecule has 1 unspecified atom stereocenters. The van der Waals surface area contributed by atoms with Crippen LogP contribution in [0.5, 0.6) is 11.5 Å². The fourth-order valence-corrected chi connectivity index (χ4v) is 3.05. The van der Waals surface area contributed by atoms with Crippen LogP contribution in [0.15, 0.2) is 48.5 Å². The molecule has 0 spiro atoms. The summed E-state index contributed by atoms with van der Waals surface area (Å²) in [5.41, 5.74) is 0.657. The molecule has 0 saturated heterocycles. The van der Waals surface area contributed by atoms with Crippen LogP contribution in [0.25, 0.3) is 0 Å². The van der Waals surface area contributed by atoms with E-state index in [-0.39, 0.29) is 11.7 Å². The number of carbonyl (C=O) groups excluding carboxylic acids is 1. The first kappa shape index (κ1) is 18.2. The predicted octanol–water partition coefficient (Wildman–Crippen LogP) is 4.94. The Morgan fingerprint density at radius 3 is 2.50 bits per heavy atom. The molecule has 4 nitrogen and oxygen atoms in total. The van der Waals surface area contributed by atoms with Crippen LogP contribution in [-0.2, 0) is 4.79 Å². The molecule has 0 aliphatic heterocycles. The summed E-state index contributed by atoms with van der Waals surface area (Å²) in [5, 5.41) is 2.81. The molecule has 0 radical (unpaired) electrons. The molecule has 1 atom stereocenters. The lowest BCUT2D eigenvalue weighted by Crippen LogP contribution is -2.32. The minimum atomic E-state index is -0.763. The second-order valence-corrected chi connectivity index (χ2v) is 6.48. The Balaban J connectivity index is 1.58. The van der Waals surface area contributed by atoms with Gasteiger partial charge in [-0.1, -0.05) is 19.1 Å². The standard InChI is InChI=1S/C21H24FNO3/c1-2-19(26-20-10-6-5-9-18(20)22)21(24)23-15-11-13-17(14-12-15)25-16-7-3-4-8-16/h5-6,9-14,16,19H,2-4,7-8H2,1H3,(H,23,24). The van der Waals surface area contributed by atoms with Crippen LogP contribution in [0.4, 0.5) is 10.1 Å². The molecule has 1 aliphatic carbocycles. The number of nitrogens with one attached hydrogen (secondary N) is 1. The Labute approximate surface area is 153 Å². The van der Waals surface area contributed by atoms with E-state index >= 15 is 0 Å². The van der Waals surface area contributed by atoms with Crippen LogP contribution in [0, 0.1) is 5.82 Å². The van der Waals surface area contributed by atoms with Gasteiger partial charge in [0.2, 0.25) is 0 Å². The molecule has 1 N–H and O–H groups in total. The summed E-state index contributed by atoms with van der Waals surface area (Å²) in [6.07, 6.45) is 4.62. The zero-order valence-corrected chi connectivity index (χ0v) is 14.9. The van der Waals surface area contributed by atoms with Gasteiger partial charge in [0.15, 0.2) is 17.7 Å². The van der Waals surface area contributed by atoms with E-state index in [1.807, 2.05) is 19.1 Å². The number of rotatable bonds is 7. The van der Waals surface area contributed by atoms with E-state index < -0.39 is 11.9 Å². The van der Waals surface area contributed by atoms with Crippen LogP contribution >= 0.6 is 0 Å². The highest BCUT2D eigenvalue weighted by Crippen LogP contribution is 2.25. The van der Waals surface area contributed by atoms with Gasteiger partial charge in [-0.2, -0.15) is 0 Å². The maximum absolute atomic E-state index is 13.7. The molecule has 5 heteroatoms. The quantitative estimate of drug-likeness (QED) is 0.763. The topological polar surface area (TPSA) is 47.6 Å². The van der Waals surface area contributed by atoms with Gasteiger partial charge in [0.05, 0.1) is 6.10 Å². The third kappa shape index (κ3) is 4.75. The summed E-state index contributed by atoms with van der Waals surface area (Å²) in [7, 11) is 0. The average Bonchev–Trinajstić information content (AvgIpc) is 3.15. The lowest BCUT2D eigenvalue weighted by molar-refractivity contribution is -0.122. The number of para-hydroxylation sites is 1. The molecule has 1 amide bonds. The van der Waals surface area contributed by atoms with E-state index in [0.29, 0.717) is 18.2 Å². The molecular formula is C21H24FNO3. The third-order valence-corrected chi connectivity index (χ3v) is 4.50. The normalized spacial score (nSPS) is 15.5. The highest BCUT2D eigenvalue weighted by Gasteiger charge is 2.20. The molecule has 1 saturated carbocycles. The average molecular weight is 357 g/mol. The van der Waals surface area contributed by atoms with E-state index in [9.17, 15) is 9.18 Å². The van der Waals surface area contributed by atoms with Crippen molar-refractivity contribution in [3.8, 4) is 11.5 Å². The van der Waals surface area contributed by atoms with Crippen molar-refractivity contribution in [2.45, 2.75) is 51.2 Å². The highest BCUT2D eigenvalue weighted by atomic mass is 19.1. The number of hydrogen-bond donors (Lipinski definition) is 1. The van der Waals surface area contributed by atoms with Gasteiger partial charge in [-0.15, -0.1) is 0 Å². The van der Waals surface area contributed by atoms with Crippen molar-refractivity contribution in [3.05, 3.63) is 54.3 Å². The number of benzene rings is 2. The van der Waals surface area contributed by atoms with E-state index in [2.05, 4.69) is 5.32 Å². The van der Waals surface area contributed by atoms with Crippen LogP contribution in [0.3, 0.4) is 0 Å². The monoisotopic (exact) mass is 357 g/mol. The molecule has 0 aromatic heterocycles. The molecule has 1 fully saturated rings. The molecule has 2 aromatic rings. The van der Waals surface area contributed by atoms with Gasteiger partial charge in [0, 0.05) is 5.69 Å². The van der Waals surface area contributed by atoms with Gasteiger partial charge in [-0.3, -0.25) is 4.79 Å². The van der Waals surface area contributed by atoms with Crippen molar-refractivity contribution in [2.24, 2.45) is 0 Å². The molecule has 2 aromatic carbocycles. The van der Waals surface area contributed by atoms with E-state index in [0.717, 1.165) is 18.6 Å². The largest absolute Gasteiger partial charge is 0.490 e. The van der Waals surface area contributed by atoms with Crippen molar-refractivity contribution in [3.63, 3.8) is 0 Å². The van der Waals surface area contributed by atoms with Gasteiger partial charge in [-0.05, 0) is 68.5 Å². The summed E-state index contributed by atoms with van der Waals surface area (Å²) in [6, 6.07) is 13.4. The third-order valence-electron chi connectivity index (χ3n) is 4.50. The fourth-order valence-electron chi connectivity index (χ4n) is 3.05. The molecular weight excluding hydrogens is 333 g/mol. The Bertz CT molecular complexity index is 726. The number of halogens is 1. The van der Waals surface area contributed by atoms with Gasteiger partial charge < -0.3 is 14.8 Å². The smallest absolute Gasteiger partial charge is 0.265 e. The Morgan fingerprint density at radius 2 is 1.85 bits per heavy atom. The molecule has 0 heterocycles. The number of hydrogen-bond acceptors (Lipinski definition) is 3. The zero-order valence-electron chi connectivity index (χ0n) is 14.9. The second kappa shape index (κ2) is 8.70. The number of ether oxygens (including phenoxy) is 2. The first-order chi connectivity index (χ1) is 12.7. The first-order valence-corrected chi connectivity index (χ1v) is 9.14. The van der Waals surface area contributed by atoms with Crippen molar-refractivity contribution in [2.75, 3.05) is 5.32 Å². The molecule has 0 bridgehead atoms. The zero-order chi connectivity index (χ0) is 18.4. The summed E-state index contributed by atoms with van der Waals surface area (Å²) in [4.78, 5) is 12.4. The summed E-state index contributed by atoms with van der Waals surface area (Å²) >= 11 is 0. The van der Waals surface area contributed by atoms with Crippen LogP contribution < -0.4 is 14.8 Å². The summed E-state index contributed by atoms with van der Waals surface area (Å²) in [6.45, 7) is 1.82. The molecule has 26 heavy (non-hydrogen) atoms. The van der Waals surface area contributed by atoms with Gasteiger partial charge in [0.25, 0.3) is 5.91 Å². The Kier molecular flexibility index (Phi) is 6.10. The Morgan fingerprint density at radius 1 is 1.15 bits per heavy atom. The van der Waals surface area contributed by atoms with Gasteiger partial charge in [0.1, 0.15) is 5.75 Å².